The summed E-state index contributed by atoms with van der Waals surface area (Å²) < 4.78 is 2.05. The number of nitrogens with one attached hydrogen (secondary N) is 1. The smallest absolute Gasteiger partial charge is 0.137 e. The van der Waals surface area contributed by atoms with Gasteiger partial charge in [0.2, 0.25) is 0 Å². The number of rotatable bonds is 2. The SMILES string of the molecule is Cc1nc2cccc(C)n2c1CC(=N)N. The predicted octanol–water partition coefficient (Wildman–Crippen LogP) is 1.43. The third-order valence-corrected chi connectivity index (χ3v) is 2.49. The molecule has 0 aliphatic carbocycles. The molecule has 3 N–H and O–H groups in total. The van der Waals surface area contributed by atoms with Crippen molar-refractivity contribution in [3.05, 3.63) is 35.3 Å². The molecule has 0 radical (unpaired) electrons. The lowest BCUT2D eigenvalue weighted by Crippen LogP contribution is -2.15. The molecule has 4 heteroatoms. The lowest BCUT2D eigenvalue weighted by molar-refractivity contribution is 0.994. The van der Waals surface area contributed by atoms with E-state index in [1.165, 1.54) is 0 Å². The van der Waals surface area contributed by atoms with Crippen LogP contribution in [0.2, 0.25) is 0 Å². The highest BCUT2D eigenvalue weighted by atomic mass is 15.0. The summed E-state index contributed by atoms with van der Waals surface area (Å²) in [5.74, 6) is 0.170. The van der Waals surface area contributed by atoms with Crippen LogP contribution in [0.1, 0.15) is 17.1 Å². The summed E-state index contributed by atoms with van der Waals surface area (Å²) in [6.45, 7) is 3.97. The van der Waals surface area contributed by atoms with Crippen molar-refractivity contribution in [2.45, 2.75) is 20.3 Å². The van der Waals surface area contributed by atoms with Gasteiger partial charge in [-0.3, -0.25) is 5.41 Å². The number of pyridine rings is 1. The quantitative estimate of drug-likeness (QED) is 0.571. The van der Waals surface area contributed by atoms with Crippen LogP contribution in [0.5, 0.6) is 0 Å². The number of imidazole rings is 1. The van der Waals surface area contributed by atoms with Gasteiger partial charge >= 0.3 is 0 Å². The molecule has 0 aliphatic heterocycles. The number of amidine groups is 1. The lowest BCUT2D eigenvalue weighted by Gasteiger charge is -2.04. The zero-order chi connectivity index (χ0) is 11.0. The molecule has 0 aliphatic rings. The van der Waals surface area contributed by atoms with E-state index in [4.69, 9.17) is 11.1 Å². The first kappa shape index (κ1) is 9.71. The predicted molar refractivity (Wildman–Crippen MR) is 60.3 cm³/mol. The van der Waals surface area contributed by atoms with Crippen molar-refractivity contribution < 1.29 is 0 Å². The van der Waals surface area contributed by atoms with E-state index in [0.29, 0.717) is 6.42 Å². The molecule has 15 heavy (non-hydrogen) atoms. The fourth-order valence-corrected chi connectivity index (χ4v) is 1.83. The van der Waals surface area contributed by atoms with E-state index in [-0.39, 0.29) is 5.84 Å². The highest BCUT2D eigenvalue weighted by Gasteiger charge is 2.10. The van der Waals surface area contributed by atoms with Crippen molar-refractivity contribution in [1.29, 1.82) is 5.41 Å². The standard InChI is InChI=1S/C11H14N4/c1-7-4-3-5-11-14-8(2)9(15(7)11)6-10(12)13/h3-5H,6H2,1-2H3,(H3,12,13). The number of aryl methyl sites for hydroxylation is 2. The zero-order valence-electron chi connectivity index (χ0n) is 8.91. The molecule has 0 saturated heterocycles. The largest absolute Gasteiger partial charge is 0.387 e. The lowest BCUT2D eigenvalue weighted by atomic mass is 10.2. The van der Waals surface area contributed by atoms with Gasteiger partial charge in [-0.15, -0.1) is 0 Å². The first-order chi connectivity index (χ1) is 7.09. The van der Waals surface area contributed by atoms with Crippen molar-refractivity contribution in [3.63, 3.8) is 0 Å². The summed E-state index contributed by atoms with van der Waals surface area (Å²) in [6.07, 6.45) is 0.456. The molecule has 0 bridgehead atoms. The number of nitrogens with two attached hydrogens (primary N) is 1. The minimum atomic E-state index is 0.170. The van der Waals surface area contributed by atoms with E-state index in [1.807, 2.05) is 32.0 Å². The van der Waals surface area contributed by atoms with Gasteiger partial charge in [0.15, 0.2) is 0 Å². The summed E-state index contributed by atoms with van der Waals surface area (Å²) in [6, 6.07) is 5.97. The summed E-state index contributed by atoms with van der Waals surface area (Å²) in [7, 11) is 0. The second-order valence-electron chi connectivity index (χ2n) is 3.71. The van der Waals surface area contributed by atoms with Crippen LogP contribution in [-0.4, -0.2) is 15.2 Å². The molecule has 2 heterocycles. The van der Waals surface area contributed by atoms with Gasteiger partial charge in [0.1, 0.15) is 5.65 Å². The molecule has 0 unspecified atom stereocenters. The maximum absolute atomic E-state index is 7.35. The topological polar surface area (TPSA) is 67.2 Å². The van der Waals surface area contributed by atoms with Crippen molar-refractivity contribution in [1.82, 2.24) is 9.38 Å². The van der Waals surface area contributed by atoms with Gasteiger partial charge in [-0.25, -0.2) is 4.98 Å². The van der Waals surface area contributed by atoms with Crippen LogP contribution < -0.4 is 5.73 Å². The van der Waals surface area contributed by atoms with Gasteiger partial charge in [0, 0.05) is 12.1 Å². The summed E-state index contributed by atoms with van der Waals surface area (Å²) >= 11 is 0. The Labute approximate surface area is 88.3 Å². The van der Waals surface area contributed by atoms with Gasteiger partial charge < -0.3 is 10.1 Å². The molecule has 2 rings (SSSR count). The minimum Gasteiger partial charge on any atom is -0.387 e. The second kappa shape index (κ2) is 3.38. The monoisotopic (exact) mass is 202 g/mol. The van der Waals surface area contributed by atoms with Crippen LogP contribution in [0, 0.1) is 19.3 Å². The fourth-order valence-electron chi connectivity index (χ4n) is 1.83. The molecule has 78 valence electrons. The van der Waals surface area contributed by atoms with Crippen LogP contribution >= 0.6 is 0 Å². The maximum Gasteiger partial charge on any atom is 0.137 e. The molecule has 2 aromatic heterocycles. The highest BCUT2D eigenvalue weighted by Crippen LogP contribution is 2.14. The second-order valence-corrected chi connectivity index (χ2v) is 3.71. The van der Waals surface area contributed by atoms with E-state index >= 15 is 0 Å². The number of aromatic nitrogens is 2. The first-order valence-electron chi connectivity index (χ1n) is 4.86. The Morgan fingerprint density at radius 1 is 1.47 bits per heavy atom. The Morgan fingerprint density at radius 2 is 2.20 bits per heavy atom. The van der Waals surface area contributed by atoms with Crippen LogP contribution in [0.4, 0.5) is 0 Å². The third-order valence-electron chi connectivity index (χ3n) is 2.49. The average Bonchev–Trinajstić information content (AvgIpc) is 2.43. The molecular formula is C11H14N4. The van der Waals surface area contributed by atoms with Crippen molar-refractivity contribution >= 4 is 11.5 Å². The molecule has 0 aromatic carbocycles. The van der Waals surface area contributed by atoms with E-state index in [9.17, 15) is 0 Å². The van der Waals surface area contributed by atoms with Gasteiger partial charge in [-0.05, 0) is 26.0 Å². The van der Waals surface area contributed by atoms with Crippen molar-refractivity contribution in [2.75, 3.05) is 0 Å². The number of hydrogen-bond acceptors (Lipinski definition) is 2. The van der Waals surface area contributed by atoms with Crippen LogP contribution in [-0.2, 0) is 6.42 Å². The van der Waals surface area contributed by atoms with Gasteiger partial charge in [-0.2, -0.15) is 0 Å². The van der Waals surface area contributed by atoms with E-state index in [1.54, 1.807) is 0 Å². The van der Waals surface area contributed by atoms with Gasteiger partial charge in [-0.1, -0.05) is 6.07 Å². The Hall–Kier alpha value is -1.84. The van der Waals surface area contributed by atoms with Crippen LogP contribution in [0.3, 0.4) is 0 Å². The maximum atomic E-state index is 7.35. The summed E-state index contributed by atoms with van der Waals surface area (Å²) in [5, 5.41) is 7.35. The number of fused-ring (bicyclic) bond motifs is 1. The summed E-state index contributed by atoms with van der Waals surface area (Å²) in [5.41, 5.74) is 9.42. The third kappa shape index (κ3) is 1.58. The normalized spacial score (nSPS) is 10.8. The minimum absolute atomic E-state index is 0.170. The molecule has 0 atom stereocenters. The zero-order valence-corrected chi connectivity index (χ0v) is 8.91. The van der Waals surface area contributed by atoms with E-state index in [2.05, 4.69) is 9.38 Å². The molecule has 2 aromatic rings. The molecule has 0 amide bonds. The molecule has 4 nitrogen and oxygen atoms in total. The van der Waals surface area contributed by atoms with Crippen LogP contribution in [0.15, 0.2) is 18.2 Å². The molecule has 0 fully saturated rings. The van der Waals surface area contributed by atoms with E-state index < -0.39 is 0 Å². The Bertz CT molecular complexity index is 525. The average molecular weight is 202 g/mol. The number of nitrogens with zero attached hydrogens (tertiary/aromatic N) is 2. The van der Waals surface area contributed by atoms with Gasteiger partial charge in [0.25, 0.3) is 0 Å². The van der Waals surface area contributed by atoms with Crippen molar-refractivity contribution in [3.8, 4) is 0 Å². The fraction of sp³-hybridized carbons (Fsp3) is 0.273. The van der Waals surface area contributed by atoms with Gasteiger partial charge in [0.05, 0.1) is 17.2 Å². The van der Waals surface area contributed by atoms with Crippen molar-refractivity contribution in [2.24, 2.45) is 5.73 Å². The number of hydrogen-bond donors (Lipinski definition) is 2. The Morgan fingerprint density at radius 3 is 2.87 bits per heavy atom. The highest BCUT2D eigenvalue weighted by molar-refractivity contribution is 5.79. The Balaban J connectivity index is 2.71. The first-order valence-corrected chi connectivity index (χ1v) is 4.86. The summed E-state index contributed by atoms with van der Waals surface area (Å²) in [4.78, 5) is 4.44. The molecule has 0 saturated carbocycles. The Kier molecular flexibility index (Phi) is 2.19. The molecule has 0 spiro atoms. The van der Waals surface area contributed by atoms with E-state index in [0.717, 1.165) is 22.7 Å². The molecular weight excluding hydrogens is 188 g/mol. The van der Waals surface area contributed by atoms with Crippen LogP contribution in [0.25, 0.3) is 5.65 Å².